The van der Waals surface area contributed by atoms with E-state index in [1.54, 1.807) is 22.9 Å². The minimum absolute atomic E-state index is 0.0165. The zero-order valence-corrected chi connectivity index (χ0v) is 16.9. The lowest BCUT2D eigenvalue weighted by Gasteiger charge is -2.11. The molecule has 2 aromatic heterocycles. The van der Waals surface area contributed by atoms with E-state index >= 15 is 0 Å². The summed E-state index contributed by atoms with van der Waals surface area (Å²) in [5.74, 6) is -0.329. The van der Waals surface area contributed by atoms with E-state index in [0.29, 0.717) is 51.9 Å². The van der Waals surface area contributed by atoms with Crippen molar-refractivity contribution in [3.05, 3.63) is 51.9 Å². The average molecular weight is 442 g/mol. The molecule has 1 saturated heterocycles. The number of hydrogen-bond acceptors (Lipinski definition) is 7. The number of benzene rings is 1. The summed E-state index contributed by atoms with van der Waals surface area (Å²) in [6.45, 7) is 0.291. The number of carbonyl (C=O) groups is 2. The number of anilines is 2. The lowest BCUT2D eigenvalue weighted by atomic mass is 10.1. The number of imide groups is 1. The highest BCUT2D eigenvalue weighted by Gasteiger charge is 2.26. The molecule has 3 heterocycles. The number of halogens is 2. The van der Waals surface area contributed by atoms with E-state index in [1.807, 2.05) is 0 Å². The van der Waals surface area contributed by atoms with Crippen LogP contribution in [0.3, 0.4) is 0 Å². The fourth-order valence-corrected chi connectivity index (χ4v) is 3.46. The Morgan fingerprint density at radius 2 is 2.13 bits per heavy atom. The molecular weight excluding hydrogens is 425 g/mol. The second-order valence-corrected chi connectivity index (χ2v) is 7.84. The van der Waals surface area contributed by atoms with Gasteiger partial charge in [-0.05, 0) is 36.6 Å². The second-order valence-electron chi connectivity index (χ2n) is 7.44. The van der Waals surface area contributed by atoms with Crippen LogP contribution in [0.25, 0.3) is 11.7 Å². The molecule has 0 unspecified atom stereocenters. The van der Waals surface area contributed by atoms with Gasteiger partial charge in [0, 0.05) is 28.7 Å². The zero-order chi connectivity index (χ0) is 21.5. The summed E-state index contributed by atoms with van der Waals surface area (Å²) in [7, 11) is 0. The molecule has 2 amide bonds. The van der Waals surface area contributed by atoms with E-state index in [1.165, 1.54) is 12.1 Å². The van der Waals surface area contributed by atoms with Gasteiger partial charge in [-0.25, -0.2) is 4.39 Å². The largest absolute Gasteiger partial charge is 0.351 e. The Bertz CT molecular complexity index is 1250. The van der Waals surface area contributed by atoms with Crippen molar-refractivity contribution < 1.29 is 14.0 Å². The Hall–Kier alpha value is -3.53. The van der Waals surface area contributed by atoms with Crippen LogP contribution in [0.15, 0.2) is 30.0 Å². The molecule has 31 heavy (non-hydrogen) atoms. The Labute approximate surface area is 180 Å². The van der Waals surface area contributed by atoms with Crippen molar-refractivity contribution in [1.29, 1.82) is 0 Å². The Morgan fingerprint density at radius 3 is 2.84 bits per heavy atom. The van der Waals surface area contributed by atoms with Crippen molar-refractivity contribution in [2.75, 3.05) is 10.6 Å². The molecule has 1 aliphatic heterocycles. The summed E-state index contributed by atoms with van der Waals surface area (Å²) in [6.07, 6.45) is 5.28. The molecule has 1 aliphatic carbocycles. The molecular formula is C20H17ClFN7O2. The molecule has 2 fully saturated rings. The lowest BCUT2D eigenvalue weighted by Crippen LogP contribution is -2.19. The Balaban J connectivity index is 1.49. The topological polar surface area (TPSA) is 113 Å². The van der Waals surface area contributed by atoms with E-state index in [0.717, 1.165) is 12.8 Å². The molecule has 3 aromatic rings. The number of aromatic nitrogens is 4. The van der Waals surface area contributed by atoms with E-state index in [4.69, 9.17) is 11.6 Å². The fourth-order valence-electron chi connectivity index (χ4n) is 3.23. The maximum atomic E-state index is 13.3. The predicted octanol–water partition coefficient (Wildman–Crippen LogP) is 2.53. The highest BCUT2D eigenvalue weighted by molar-refractivity contribution is 6.31. The zero-order valence-electron chi connectivity index (χ0n) is 16.2. The molecule has 0 bridgehead atoms. The maximum Gasteiger partial charge on any atom is 0.254 e. The molecule has 3 N–H and O–H groups in total. The van der Waals surface area contributed by atoms with Crippen molar-refractivity contribution in [1.82, 2.24) is 24.9 Å². The van der Waals surface area contributed by atoms with Crippen LogP contribution in [-0.2, 0) is 16.1 Å². The van der Waals surface area contributed by atoms with Gasteiger partial charge in [-0.2, -0.15) is 19.6 Å². The van der Waals surface area contributed by atoms with Crippen molar-refractivity contribution in [2.24, 2.45) is 0 Å². The van der Waals surface area contributed by atoms with E-state index in [2.05, 4.69) is 31.0 Å². The fraction of sp³-hybridized carbons (Fsp3) is 0.250. The summed E-state index contributed by atoms with van der Waals surface area (Å²) < 4.78 is 14.9. The molecule has 11 heteroatoms. The highest BCUT2D eigenvalue weighted by atomic mass is 35.5. The molecule has 1 saturated carbocycles. The van der Waals surface area contributed by atoms with Gasteiger partial charge in [0.05, 0.1) is 12.6 Å². The minimum Gasteiger partial charge on any atom is -0.351 e. The smallest absolute Gasteiger partial charge is 0.254 e. The Kier molecular flexibility index (Phi) is 4.78. The number of rotatable bonds is 6. The van der Waals surface area contributed by atoms with Crippen LogP contribution in [0.4, 0.5) is 16.3 Å². The highest BCUT2D eigenvalue weighted by Crippen LogP contribution is 2.26. The average Bonchev–Trinajstić information content (AvgIpc) is 3.36. The summed E-state index contributed by atoms with van der Waals surface area (Å²) in [6, 6.07) is 4.50. The first kappa shape index (κ1) is 19.4. The third kappa shape index (κ3) is 4.06. The van der Waals surface area contributed by atoms with Crippen molar-refractivity contribution in [2.45, 2.75) is 31.8 Å². The third-order valence-electron chi connectivity index (χ3n) is 4.98. The van der Waals surface area contributed by atoms with Crippen LogP contribution in [0.2, 0.25) is 5.02 Å². The van der Waals surface area contributed by atoms with Crippen LogP contribution in [-0.4, -0.2) is 37.4 Å². The summed E-state index contributed by atoms with van der Waals surface area (Å²) in [5, 5.41) is 13.3. The summed E-state index contributed by atoms with van der Waals surface area (Å²) in [4.78, 5) is 32.5. The van der Waals surface area contributed by atoms with Crippen molar-refractivity contribution >= 4 is 47.0 Å². The van der Waals surface area contributed by atoms with Gasteiger partial charge in [0.2, 0.25) is 17.8 Å². The maximum absolute atomic E-state index is 13.3. The SMILES string of the molecule is O=C1C/C(=C\c2cnn3c(NC4CC4)nc(NCc4ccc(F)cc4Cl)nc23)C(=O)N1. The van der Waals surface area contributed by atoms with Gasteiger partial charge in [-0.3, -0.25) is 14.9 Å². The van der Waals surface area contributed by atoms with Crippen LogP contribution >= 0.6 is 11.6 Å². The van der Waals surface area contributed by atoms with Crippen LogP contribution in [0.1, 0.15) is 30.4 Å². The standard InChI is InChI=1S/C20H17ClFN7O2/c21-15-7-13(22)2-1-10(15)8-23-19-27-17-12(5-11-6-16(30)26-18(11)31)9-24-29(17)20(28-19)25-14-3-4-14/h1-2,5,7,9,14H,3-4,6,8H2,(H,26,30,31)(H2,23,25,27,28)/b11-5+. The number of amides is 2. The molecule has 0 spiro atoms. The molecule has 5 rings (SSSR count). The molecule has 158 valence electrons. The molecule has 1 aromatic carbocycles. The van der Waals surface area contributed by atoms with Gasteiger partial charge in [-0.1, -0.05) is 17.7 Å². The van der Waals surface area contributed by atoms with Crippen LogP contribution < -0.4 is 16.0 Å². The van der Waals surface area contributed by atoms with Gasteiger partial charge in [0.1, 0.15) is 5.82 Å². The van der Waals surface area contributed by atoms with Crippen LogP contribution in [0, 0.1) is 5.82 Å². The first-order valence-corrected chi connectivity index (χ1v) is 10.1. The number of carbonyl (C=O) groups excluding carboxylic acids is 2. The Morgan fingerprint density at radius 1 is 1.29 bits per heavy atom. The van der Waals surface area contributed by atoms with Crippen molar-refractivity contribution in [3.63, 3.8) is 0 Å². The van der Waals surface area contributed by atoms with E-state index < -0.39 is 11.7 Å². The van der Waals surface area contributed by atoms with E-state index in [-0.39, 0.29) is 12.3 Å². The molecule has 2 aliphatic rings. The number of nitrogens with one attached hydrogen (secondary N) is 3. The molecule has 9 nitrogen and oxygen atoms in total. The summed E-state index contributed by atoms with van der Waals surface area (Å²) >= 11 is 6.11. The summed E-state index contributed by atoms with van der Waals surface area (Å²) in [5.41, 5.74) is 2.11. The number of fused-ring (bicyclic) bond motifs is 1. The number of nitrogens with zero attached hydrogens (tertiary/aromatic N) is 4. The van der Waals surface area contributed by atoms with Gasteiger partial charge in [-0.15, -0.1) is 0 Å². The van der Waals surface area contributed by atoms with Crippen molar-refractivity contribution in [3.8, 4) is 0 Å². The lowest BCUT2D eigenvalue weighted by molar-refractivity contribution is -0.124. The van der Waals surface area contributed by atoms with Gasteiger partial charge < -0.3 is 10.6 Å². The quantitative estimate of drug-likeness (QED) is 0.398. The molecule has 0 radical (unpaired) electrons. The first-order valence-electron chi connectivity index (χ1n) is 9.71. The minimum atomic E-state index is -0.418. The normalized spacial score (nSPS) is 17.4. The molecule has 0 atom stereocenters. The van der Waals surface area contributed by atoms with Gasteiger partial charge in [0.15, 0.2) is 5.65 Å². The predicted molar refractivity (Wildman–Crippen MR) is 112 cm³/mol. The number of hydrogen-bond donors (Lipinski definition) is 3. The van der Waals surface area contributed by atoms with Gasteiger partial charge >= 0.3 is 0 Å². The first-order chi connectivity index (χ1) is 15.0. The monoisotopic (exact) mass is 441 g/mol. The third-order valence-corrected chi connectivity index (χ3v) is 5.34. The van der Waals surface area contributed by atoms with Crippen LogP contribution in [0.5, 0.6) is 0 Å². The van der Waals surface area contributed by atoms with Gasteiger partial charge in [0.25, 0.3) is 5.91 Å². The van der Waals surface area contributed by atoms with E-state index in [9.17, 15) is 14.0 Å². The second kappa shape index (κ2) is 7.62.